The average molecular weight is 380 g/mol. The van der Waals surface area contributed by atoms with E-state index in [0.29, 0.717) is 28.2 Å². The van der Waals surface area contributed by atoms with Crippen molar-refractivity contribution in [2.75, 3.05) is 0 Å². The highest BCUT2D eigenvalue weighted by Gasteiger charge is 2.35. The Balaban J connectivity index is 2.01. The monoisotopic (exact) mass is 379 g/mol. The van der Waals surface area contributed by atoms with E-state index in [-0.39, 0.29) is 11.6 Å². The van der Waals surface area contributed by atoms with Crippen LogP contribution in [0, 0.1) is 25.2 Å². The molecule has 0 aliphatic carbocycles. The smallest absolute Gasteiger partial charge is 0.256 e. The van der Waals surface area contributed by atoms with E-state index in [1.807, 2.05) is 6.07 Å². The van der Waals surface area contributed by atoms with Crippen LogP contribution in [0.25, 0.3) is 5.69 Å². The predicted octanol–water partition coefficient (Wildman–Crippen LogP) is 4.28. The van der Waals surface area contributed by atoms with Gasteiger partial charge in [-0.15, -0.1) is 0 Å². The summed E-state index contributed by atoms with van der Waals surface area (Å²) in [6.45, 7) is 3.43. The lowest BCUT2D eigenvalue weighted by atomic mass is 10.2. The number of hydrogen-bond donors (Lipinski definition) is 0. The lowest BCUT2D eigenvalue weighted by Gasteiger charge is -2.11. The van der Waals surface area contributed by atoms with E-state index >= 15 is 0 Å². The molecule has 9 heteroatoms. The maximum atomic E-state index is 13.0. The van der Waals surface area contributed by atoms with Crippen molar-refractivity contribution in [3.05, 3.63) is 63.7 Å². The van der Waals surface area contributed by atoms with Gasteiger partial charge < -0.3 is 0 Å². The van der Waals surface area contributed by atoms with E-state index in [9.17, 15) is 13.2 Å². The molecule has 0 radical (unpaired) electrons. The van der Waals surface area contributed by atoms with Gasteiger partial charge in [0, 0.05) is 17.5 Å². The van der Waals surface area contributed by atoms with Crippen molar-refractivity contribution < 1.29 is 13.2 Å². The van der Waals surface area contributed by atoms with Gasteiger partial charge in [0.1, 0.15) is 11.8 Å². The van der Waals surface area contributed by atoms with Gasteiger partial charge in [0.2, 0.25) is 0 Å². The standard InChI is InChI=1S/C17H13ClF3N5/c1-10-14(9-25-16(5-6-23-25)17(19,20)21)11(2)26(24-10)13-4-3-12(8-22)15(18)7-13/h3-7H,9H2,1-2H3. The molecule has 26 heavy (non-hydrogen) atoms. The van der Waals surface area contributed by atoms with E-state index in [1.54, 1.807) is 36.7 Å². The quantitative estimate of drug-likeness (QED) is 0.682. The summed E-state index contributed by atoms with van der Waals surface area (Å²) in [5.41, 5.74) is 2.05. The number of benzene rings is 1. The molecule has 0 saturated heterocycles. The Morgan fingerprint density at radius 2 is 1.96 bits per heavy atom. The summed E-state index contributed by atoms with van der Waals surface area (Å²) >= 11 is 6.06. The van der Waals surface area contributed by atoms with Gasteiger partial charge in [0.15, 0.2) is 0 Å². The highest BCUT2D eigenvalue weighted by molar-refractivity contribution is 6.31. The second kappa shape index (κ2) is 6.50. The van der Waals surface area contributed by atoms with Gasteiger partial charge in [-0.25, -0.2) is 4.68 Å². The third-order valence-electron chi connectivity index (χ3n) is 4.07. The average Bonchev–Trinajstić information content (AvgIpc) is 3.15. The molecular weight excluding hydrogens is 367 g/mol. The van der Waals surface area contributed by atoms with Gasteiger partial charge in [-0.2, -0.15) is 28.6 Å². The highest BCUT2D eigenvalue weighted by atomic mass is 35.5. The number of aryl methyl sites for hydroxylation is 1. The summed E-state index contributed by atoms with van der Waals surface area (Å²) in [6, 6.07) is 7.77. The van der Waals surface area contributed by atoms with Crippen molar-refractivity contribution in [1.29, 1.82) is 5.26 Å². The molecule has 0 unspecified atom stereocenters. The molecule has 0 N–H and O–H groups in total. The lowest BCUT2D eigenvalue weighted by Crippen LogP contribution is -2.16. The number of aromatic nitrogens is 4. The van der Waals surface area contributed by atoms with Gasteiger partial charge in [-0.3, -0.25) is 4.68 Å². The Morgan fingerprint density at radius 3 is 2.58 bits per heavy atom. The molecule has 2 aromatic heterocycles. The van der Waals surface area contributed by atoms with Crippen LogP contribution in [-0.2, 0) is 12.7 Å². The predicted molar refractivity (Wildman–Crippen MR) is 89.1 cm³/mol. The molecule has 0 amide bonds. The summed E-state index contributed by atoms with van der Waals surface area (Å²) in [5.74, 6) is 0. The van der Waals surface area contributed by atoms with E-state index < -0.39 is 11.9 Å². The zero-order chi connectivity index (χ0) is 19.1. The molecule has 0 bridgehead atoms. The van der Waals surface area contributed by atoms with Crippen LogP contribution in [0.5, 0.6) is 0 Å². The lowest BCUT2D eigenvalue weighted by molar-refractivity contribution is -0.144. The molecule has 0 atom stereocenters. The highest BCUT2D eigenvalue weighted by Crippen LogP contribution is 2.30. The normalized spacial score (nSPS) is 11.6. The number of nitrogens with zero attached hydrogens (tertiary/aromatic N) is 5. The van der Waals surface area contributed by atoms with Crippen molar-refractivity contribution >= 4 is 11.6 Å². The van der Waals surface area contributed by atoms with Crippen molar-refractivity contribution in [2.24, 2.45) is 0 Å². The first kappa shape index (κ1) is 18.0. The van der Waals surface area contributed by atoms with Crippen LogP contribution in [0.1, 0.15) is 28.2 Å². The summed E-state index contributed by atoms with van der Waals surface area (Å²) in [4.78, 5) is 0. The summed E-state index contributed by atoms with van der Waals surface area (Å²) < 4.78 is 41.6. The van der Waals surface area contributed by atoms with E-state index in [2.05, 4.69) is 10.2 Å². The molecule has 1 aromatic carbocycles. The molecule has 0 fully saturated rings. The fourth-order valence-corrected chi connectivity index (χ4v) is 2.95. The van der Waals surface area contributed by atoms with Gasteiger partial charge >= 0.3 is 6.18 Å². The topological polar surface area (TPSA) is 59.4 Å². The van der Waals surface area contributed by atoms with Crippen LogP contribution in [0.4, 0.5) is 13.2 Å². The minimum Gasteiger partial charge on any atom is -0.256 e. The maximum absolute atomic E-state index is 13.0. The zero-order valence-corrected chi connectivity index (χ0v) is 14.6. The SMILES string of the molecule is Cc1nn(-c2ccc(C#N)c(Cl)c2)c(C)c1Cn1nccc1C(F)(F)F. The summed E-state index contributed by atoms with van der Waals surface area (Å²) in [5, 5.41) is 17.4. The Morgan fingerprint density at radius 1 is 1.23 bits per heavy atom. The molecule has 5 nitrogen and oxygen atoms in total. The van der Waals surface area contributed by atoms with E-state index in [0.717, 1.165) is 16.9 Å². The van der Waals surface area contributed by atoms with Gasteiger partial charge in [0.05, 0.1) is 28.5 Å². The summed E-state index contributed by atoms with van der Waals surface area (Å²) in [6.07, 6.45) is -3.35. The number of nitriles is 1. The molecule has 0 saturated carbocycles. The third kappa shape index (κ3) is 3.18. The summed E-state index contributed by atoms with van der Waals surface area (Å²) in [7, 11) is 0. The molecule has 3 aromatic rings. The first-order chi connectivity index (χ1) is 12.2. The van der Waals surface area contributed by atoms with Gasteiger partial charge in [-0.1, -0.05) is 11.6 Å². The fraction of sp³-hybridized carbons (Fsp3) is 0.235. The molecule has 3 rings (SSSR count). The molecule has 134 valence electrons. The number of halogens is 4. The van der Waals surface area contributed by atoms with Gasteiger partial charge in [-0.05, 0) is 38.1 Å². The van der Waals surface area contributed by atoms with E-state index in [4.69, 9.17) is 16.9 Å². The Kier molecular flexibility index (Phi) is 4.50. The van der Waals surface area contributed by atoms with E-state index in [1.165, 1.54) is 0 Å². The molecular formula is C17H13ClF3N5. The van der Waals surface area contributed by atoms with Crippen molar-refractivity contribution in [2.45, 2.75) is 26.6 Å². The minimum atomic E-state index is -4.48. The second-order valence-electron chi connectivity index (χ2n) is 5.71. The Labute approximate surface area is 152 Å². The largest absolute Gasteiger partial charge is 0.433 e. The van der Waals surface area contributed by atoms with Crippen LogP contribution < -0.4 is 0 Å². The van der Waals surface area contributed by atoms with Crippen LogP contribution in [0.2, 0.25) is 5.02 Å². The second-order valence-corrected chi connectivity index (χ2v) is 6.12. The van der Waals surface area contributed by atoms with Crippen LogP contribution in [-0.4, -0.2) is 19.6 Å². The van der Waals surface area contributed by atoms with Crippen LogP contribution >= 0.6 is 11.6 Å². The fourth-order valence-electron chi connectivity index (χ4n) is 2.73. The Hall–Kier alpha value is -2.79. The van der Waals surface area contributed by atoms with Crippen molar-refractivity contribution in [1.82, 2.24) is 19.6 Å². The van der Waals surface area contributed by atoms with Crippen LogP contribution in [0.3, 0.4) is 0 Å². The molecule has 0 aliphatic rings. The third-order valence-corrected chi connectivity index (χ3v) is 4.39. The molecule has 2 heterocycles. The first-order valence-electron chi connectivity index (χ1n) is 7.56. The number of rotatable bonds is 3. The van der Waals surface area contributed by atoms with Crippen LogP contribution in [0.15, 0.2) is 30.5 Å². The minimum absolute atomic E-state index is 0.0521. The Bertz CT molecular complexity index is 1010. The number of alkyl halides is 3. The molecule has 0 aliphatic heterocycles. The van der Waals surface area contributed by atoms with Gasteiger partial charge in [0.25, 0.3) is 0 Å². The number of hydrogen-bond acceptors (Lipinski definition) is 3. The molecule has 0 spiro atoms. The first-order valence-corrected chi connectivity index (χ1v) is 7.94. The maximum Gasteiger partial charge on any atom is 0.433 e. The zero-order valence-electron chi connectivity index (χ0n) is 13.8. The van der Waals surface area contributed by atoms with Crippen molar-refractivity contribution in [3.63, 3.8) is 0 Å². The van der Waals surface area contributed by atoms with Crippen molar-refractivity contribution in [3.8, 4) is 11.8 Å².